The fourth-order valence-corrected chi connectivity index (χ4v) is 4.70. The van der Waals surface area contributed by atoms with Crippen molar-refractivity contribution in [1.82, 2.24) is 19.5 Å². The molecule has 162 valence electrons. The van der Waals surface area contributed by atoms with Crippen molar-refractivity contribution in [2.45, 2.75) is 32.4 Å². The molecule has 2 aromatic carbocycles. The zero-order valence-corrected chi connectivity index (χ0v) is 19.7. The minimum Gasteiger partial charge on any atom is -0.330 e. The van der Waals surface area contributed by atoms with Gasteiger partial charge in [0.1, 0.15) is 5.65 Å². The van der Waals surface area contributed by atoms with E-state index in [2.05, 4.69) is 26.0 Å². The number of hydrogen-bond acceptors (Lipinski definition) is 3. The van der Waals surface area contributed by atoms with Crippen LogP contribution in [0.25, 0.3) is 5.65 Å². The normalized spacial score (nSPS) is 15.7. The van der Waals surface area contributed by atoms with Crippen molar-refractivity contribution in [1.29, 1.82) is 0 Å². The molecule has 8 heteroatoms. The summed E-state index contributed by atoms with van der Waals surface area (Å²) in [7, 11) is 0. The van der Waals surface area contributed by atoms with E-state index in [4.69, 9.17) is 11.6 Å². The number of nitrogens with zero attached hydrogens (tertiary/aromatic N) is 3. The van der Waals surface area contributed by atoms with Gasteiger partial charge >= 0.3 is 0 Å². The molecule has 0 fully saturated rings. The zero-order valence-electron chi connectivity index (χ0n) is 17.3. The predicted molar refractivity (Wildman–Crippen MR) is 127 cm³/mol. The van der Waals surface area contributed by atoms with Gasteiger partial charge in [-0.3, -0.25) is 9.59 Å². The Balaban J connectivity index is 1.54. The quantitative estimate of drug-likeness (QED) is 0.436. The van der Waals surface area contributed by atoms with Crippen LogP contribution in [0.2, 0.25) is 5.02 Å². The van der Waals surface area contributed by atoms with Crippen LogP contribution in [0.1, 0.15) is 39.7 Å². The van der Waals surface area contributed by atoms with Crippen molar-refractivity contribution in [3.05, 3.63) is 103 Å². The van der Waals surface area contributed by atoms with Gasteiger partial charge in [-0.1, -0.05) is 41.9 Å². The van der Waals surface area contributed by atoms with Crippen LogP contribution in [0.3, 0.4) is 0 Å². The van der Waals surface area contributed by atoms with Gasteiger partial charge in [0.2, 0.25) is 0 Å². The largest absolute Gasteiger partial charge is 0.330 e. The molecule has 1 amide bonds. The second kappa shape index (κ2) is 8.22. The van der Waals surface area contributed by atoms with E-state index in [1.807, 2.05) is 37.3 Å². The first-order valence-electron chi connectivity index (χ1n) is 10.3. The van der Waals surface area contributed by atoms with Crippen LogP contribution in [-0.2, 0) is 19.4 Å². The minimum atomic E-state index is -0.129. The fraction of sp³-hybridized carbons (Fsp3) is 0.208. The predicted octanol–water partition coefficient (Wildman–Crippen LogP) is 4.62. The van der Waals surface area contributed by atoms with Gasteiger partial charge in [0.15, 0.2) is 0 Å². The summed E-state index contributed by atoms with van der Waals surface area (Å²) in [4.78, 5) is 31.0. The van der Waals surface area contributed by atoms with Gasteiger partial charge in [-0.2, -0.15) is 5.10 Å². The van der Waals surface area contributed by atoms with Crippen LogP contribution >= 0.6 is 27.5 Å². The Morgan fingerprint density at radius 1 is 1.25 bits per heavy atom. The topological polar surface area (TPSA) is 70.5 Å². The van der Waals surface area contributed by atoms with Gasteiger partial charge in [-0.25, -0.2) is 4.52 Å². The van der Waals surface area contributed by atoms with Crippen LogP contribution in [0.15, 0.2) is 64.0 Å². The maximum atomic E-state index is 13.3. The summed E-state index contributed by atoms with van der Waals surface area (Å²) in [6.07, 6.45) is 2.91. The molecule has 1 unspecified atom stereocenters. The summed E-state index contributed by atoms with van der Waals surface area (Å²) in [5.41, 5.74) is 4.57. The molecule has 1 atom stereocenters. The molecule has 3 heterocycles. The number of amides is 1. The van der Waals surface area contributed by atoms with Crippen molar-refractivity contribution < 1.29 is 4.79 Å². The highest BCUT2D eigenvalue weighted by molar-refractivity contribution is 9.10. The Hall–Kier alpha value is -2.90. The number of aromatic nitrogens is 3. The van der Waals surface area contributed by atoms with E-state index < -0.39 is 0 Å². The van der Waals surface area contributed by atoms with E-state index >= 15 is 0 Å². The minimum absolute atomic E-state index is 0.118. The number of aromatic amines is 1. The number of carbonyl (C=O) groups is 1. The second-order valence-electron chi connectivity index (χ2n) is 8.09. The third kappa shape index (κ3) is 3.65. The standard InChI is InChI=1S/C24H20BrClN4O2/c1-14-9-18-21(13-29(14)24(32)16-7-8-19(25)20(26)11-16)30-22(28-23(18)31)17(12-27-30)10-15-5-3-2-4-6-15/h2-8,11-12,14H,9-10,13H2,1H3,(H,28,31). The van der Waals surface area contributed by atoms with E-state index in [1.54, 1.807) is 33.8 Å². The molecule has 6 nitrogen and oxygen atoms in total. The van der Waals surface area contributed by atoms with Crippen molar-refractivity contribution in [2.75, 3.05) is 0 Å². The first-order valence-corrected chi connectivity index (χ1v) is 11.5. The lowest BCUT2D eigenvalue weighted by atomic mass is 9.98. The Kier molecular flexibility index (Phi) is 5.39. The van der Waals surface area contributed by atoms with E-state index in [-0.39, 0.29) is 17.5 Å². The average Bonchev–Trinajstić information content (AvgIpc) is 3.18. The van der Waals surface area contributed by atoms with Crippen LogP contribution in [0.5, 0.6) is 0 Å². The van der Waals surface area contributed by atoms with E-state index in [9.17, 15) is 9.59 Å². The second-order valence-corrected chi connectivity index (χ2v) is 9.35. The Bertz CT molecular complexity index is 1400. The highest BCUT2D eigenvalue weighted by Gasteiger charge is 2.31. The molecule has 1 aliphatic heterocycles. The molecule has 1 aliphatic rings. The molecule has 1 N–H and O–H groups in total. The number of benzene rings is 2. The van der Waals surface area contributed by atoms with E-state index in [0.717, 1.165) is 21.3 Å². The van der Waals surface area contributed by atoms with Gasteiger partial charge in [-0.15, -0.1) is 0 Å². The van der Waals surface area contributed by atoms with Crippen LogP contribution in [0, 0.1) is 0 Å². The number of rotatable bonds is 3. The number of H-pyrrole nitrogens is 1. The lowest BCUT2D eigenvalue weighted by Gasteiger charge is -2.34. The smallest absolute Gasteiger partial charge is 0.254 e. The molecule has 5 rings (SSSR count). The SMILES string of the molecule is CC1Cc2c(n3ncc(Cc4ccccc4)c3[nH]c2=O)CN1C(=O)c1ccc(Br)c(Cl)c1. The summed E-state index contributed by atoms with van der Waals surface area (Å²) < 4.78 is 2.51. The van der Waals surface area contributed by atoms with Crippen molar-refractivity contribution in [3.63, 3.8) is 0 Å². The zero-order chi connectivity index (χ0) is 22.4. The molecular formula is C24H20BrClN4O2. The number of carbonyl (C=O) groups excluding carboxylic acids is 1. The number of fused-ring (bicyclic) bond motifs is 3. The van der Waals surface area contributed by atoms with Gasteiger partial charge in [0.25, 0.3) is 11.5 Å². The van der Waals surface area contributed by atoms with Crippen molar-refractivity contribution >= 4 is 39.1 Å². The molecule has 0 spiro atoms. The van der Waals surface area contributed by atoms with Crippen LogP contribution in [-0.4, -0.2) is 31.4 Å². The van der Waals surface area contributed by atoms with E-state index in [0.29, 0.717) is 41.2 Å². The maximum Gasteiger partial charge on any atom is 0.254 e. The number of halogens is 2. The van der Waals surface area contributed by atoms with Gasteiger partial charge < -0.3 is 9.88 Å². The first-order chi connectivity index (χ1) is 15.4. The molecule has 2 aromatic heterocycles. The molecule has 0 saturated carbocycles. The molecule has 4 aromatic rings. The summed E-state index contributed by atoms with van der Waals surface area (Å²) in [6.45, 7) is 2.25. The third-order valence-corrected chi connectivity index (χ3v) is 7.20. The van der Waals surface area contributed by atoms with Crippen molar-refractivity contribution in [3.8, 4) is 0 Å². The van der Waals surface area contributed by atoms with Gasteiger partial charge in [0.05, 0.1) is 23.5 Å². The lowest BCUT2D eigenvalue weighted by molar-refractivity contribution is 0.0651. The molecule has 0 saturated heterocycles. The summed E-state index contributed by atoms with van der Waals surface area (Å²) in [6, 6.07) is 15.1. The summed E-state index contributed by atoms with van der Waals surface area (Å²) in [5, 5.41) is 5.05. The molecular weight excluding hydrogens is 492 g/mol. The van der Waals surface area contributed by atoms with Crippen molar-refractivity contribution in [2.24, 2.45) is 0 Å². The molecule has 0 radical (unpaired) electrons. The summed E-state index contributed by atoms with van der Waals surface area (Å²) >= 11 is 9.57. The highest BCUT2D eigenvalue weighted by Crippen LogP contribution is 2.27. The Morgan fingerprint density at radius 2 is 2.03 bits per heavy atom. The van der Waals surface area contributed by atoms with Gasteiger partial charge in [0, 0.05) is 33.6 Å². The van der Waals surface area contributed by atoms with Gasteiger partial charge in [-0.05, 0) is 53.0 Å². The maximum absolute atomic E-state index is 13.3. The monoisotopic (exact) mass is 510 g/mol. The summed E-state index contributed by atoms with van der Waals surface area (Å²) in [5.74, 6) is -0.123. The third-order valence-electron chi connectivity index (χ3n) is 5.97. The number of nitrogens with one attached hydrogen (secondary N) is 1. The fourth-order valence-electron chi connectivity index (χ4n) is 4.27. The number of hydrogen-bond donors (Lipinski definition) is 1. The molecule has 0 aliphatic carbocycles. The Labute approximate surface area is 198 Å². The average molecular weight is 512 g/mol. The first kappa shape index (κ1) is 21.0. The Morgan fingerprint density at radius 3 is 2.78 bits per heavy atom. The highest BCUT2D eigenvalue weighted by atomic mass is 79.9. The molecule has 0 bridgehead atoms. The molecule has 32 heavy (non-hydrogen) atoms. The van der Waals surface area contributed by atoms with Crippen LogP contribution < -0.4 is 5.56 Å². The van der Waals surface area contributed by atoms with E-state index in [1.165, 1.54) is 0 Å². The van der Waals surface area contributed by atoms with Crippen LogP contribution in [0.4, 0.5) is 0 Å². The lowest BCUT2D eigenvalue weighted by Crippen LogP contribution is -2.45.